The molecule has 0 aromatic heterocycles. The molecule has 0 nitrogen and oxygen atoms in total. The van der Waals surface area contributed by atoms with E-state index < -0.39 is 0 Å². The summed E-state index contributed by atoms with van der Waals surface area (Å²) in [5.41, 5.74) is 3.35. The Morgan fingerprint density at radius 3 is 2.00 bits per heavy atom. The van der Waals surface area contributed by atoms with E-state index in [9.17, 15) is 0 Å². The van der Waals surface area contributed by atoms with Crippen LogP contribution in [0, 0.1) is 12.2 Å². The van der Waals surface area contributed by atoms with Gasteiger partial charge in [-0.2, -0.15) is 17.2 Å². The van der Waals surface area contributed by atoms with Gasteiger partial charge in [0.15, 0.2) is 0 Å². The van der Waals surface area contributed by atoms with E-state index in [1.54, 1.807) is 5.57 Å². The molecule has 112 valence electrons. The minimum absolute atomic E-state index is 0. The standard InChI is InChI=1S/C9H13.C5H5.C2H6Si.2ClH.Hf/c1-3-8-6-5-7-9(8)4-2;1-2-4-5-3-1;1-3-2;;;/h6H,3-4,7H2,1-2H3;1-3H,4H2;1-2H3;2*1H;/q2*-1;;;;+2/p-2. The quantitative estimate of drug-likeness (QED) is 0.341. The van der Waals surface area contributed by atoms with Gasteiger partial charge in [0.05, 0.1) is 0 Å². The van der Waals surface area contributed by atoms with E-state index in [-0.39, 0.29) is 30.3 Å². The normalized spacial score (nSPS) is 13.7. The summed E-state index contributed by atoms with van der Waals surface area (Å²) in [7, 11) is 0. The average molecular weight is 494 g/mol. The molecule has 0 atom stereocenters. The van der Waals surface area contributed by atoms with Crippen molar-refractivity contribution >= 4 is 5.49 Å². The van der Waals surface area contributed by atoms with Crippen LogP contribution in [0.3, 0.4) is 0 Å². The Balaban J connectivity index is -0.000000228. The van der Waals surface area contributed by atoms with E-state index in [1.807, 2.05) is 12.2 Å². The molecule has 0 saturated carbocycles. The molecule has 2 aliphatic rings. The molecule has 0 fully saturated rings. The van der Waals surface area contributed by atoms with Crippen molar-refractivity contribution in [2.24, 2.45) is 0 Å². The van der Waals surface area contributed by atoms with Gasteiger partial charge in [-0.3, -0.25) is 12.2 Å². The summed E-state index contributed by atoms with van der Waals surface area (Å²) in [5, 5.41) is 0. The molecule has 0 spiro atoms. The molecule has 2 aliphatic carbocycles. The van der Waals surface area contributed by atoms with Gasteiger partial charge in [-0.05, 0) is 0 Å². The molecule has 0 amide bonds. The fourth-order valence-electron chi connectivity index (χ4n) is 1.56. The topological polar surface area (TPSA) is 0 Å². The van der Waals surface area contributed by atoms with Crippen molar-refractivity contribution in [1.82, 2.24) is 0 Å². The van der Waals surface area contributed by atoms with Crippen LogP contribution < -0.4 is 24.8 Å². The molecular weight excluding hydrogens is 470 g/mol. The molecule has 0 aromatic rings. The second kappa shape index (κ2) is 17.7. The van der Waals surface area contributed by atoms with Gasteiger partial charge in [0.25, 0.3) is 0 Å². The molecule has 0 N–H and O–H groups in total. The summed E-state index contributed by atoms with van der Waals surface area (Å²) >= 11 is 1.45. The summed E-state index contributed by atoms with van der Waals surface area (Å²) in [5.74, 6) is 0. The third kappa shape index (κ3) is 15.0. The Morgan fingerprint density at radius 2 is 1.75 bits per heavy atom. The Hall–Kier alpha value is 0.627. The van der Waals surface area contributed by atoms with Gasteiger partial charge in [0.2, 0.25) is 0 Å². The molecular formula is C16H24Cl2HfSi-2. The van der Waals surface area contributed by atoms with Gasteiger partial charge in [0.1, 0.15) is 0 Å². The Bertz CT molecular complexity index is 355. The summed E-state index contributed by atoms with van der Waals surface area (Å²) in [6.07, 6.45) is 18.8. The largest absolute Gasteiger partial charge is 1.00 e. The maximum atomic E-state index is 3.23. The van der Waals surface area contributed by atoms with E-state index >= 15 is 0 Å². The van der Waals surface area contributed by atoms with Gasteiger partial charge in [-0.15, -0.1) is 12.8 Å². The van der Waals surface area contributed by atoms with Crippen molar-refractivity contribution in [1.29, 1.82) is 0 Å². The average Bonchev–Trinajstić information content (AvgIpc) is 3.02. The van der Waals surface area contributed by atoms with Crippen molar-refractivity contribution in [3.8, 4) is 0 Å². The first-order chi connectivity index (χ1) is 8.61. The molecule has 0 unspecified atom stereocenters. The molecule has 0 aromatic carbocycles. The van der Waals surface area contributed by atoms with E-state index in [0.29, 0.717) is 0 Å². The van der Waals surface area contributed by atoms with Crippen LogP contribution >= 0.6 is 0 Å². The Labute approximate surface area is 152 Å². The number of allylic oxidation sites excluding steroid dienone is 8. The minimum Gasteiger partial charge on any atom is -1.00 e. The van der Waals surface area contributed by atoms with Crippen molar-refractivity contribution in [2.75, 3.05) is 0 Å². The van der Waals surface area contributed by atoms with Crippen LogP contribution in [-0.2, 0) is 23.0 Å². The van der Waals surface area contributed by atoms with Gasteiger partial charge in [0, 0.05) is 0 Å². The molecule has 20 heavy (non-hydrogen) atoms. The Kier molecular flexibility index (Phi) is 22.6. The first kappa shape index (κ1) is 25.6. The second-order valence-electron chi connectivity index (χ2n) is 4.36. The Morgan fingerprint density at radius 1 is 1.15 bits per heavy atom. The smallest absolute Gasteiger partial charge is 0.109 e. The van der Waals surface area contributed by atoms with Crippen LogP contribution in [0.4, 0.5) is 0 Å². The van der Waals surface area contributed by atoms with Gasteiger partial charge in [-0.25, -0.2) is 18.2 Å². The number of hydrogen-bond donors (Lipinski definition) is 0. The number of rotatable bonds is 2. The zero-order valence-electron chi connectivity index (χ0n) is 12.9. The molecule has 2 rings (SSSR count). The fraction of sp³-hybridized carbons (Fsp3) is 0.500. The maximum Gasteiger partial charge on any atom is -0.109 e. The van der Waals surface area contributed by atoms with Crippen molar-refractivity contribution < 1.29 is 47.8 Å². The minimum atomic E-state index is 0. The van der Waals surface area contributed by atoms with E-state index in [0.717, 1.165) is 12.8 Å². The van der Waals surface area contributed by atoms with Crippen LogP contribution in [-0.4, -0.2) is 5.49 Å². The monoisotopic (exact) mass is 494 g/mol. The molecule has 0 aliphatic heterocycles. The fourth-order valence-corrected chi connectivity index (χ4v) is 1.56. The third-order valence-corrected chi connectivity index (χ3v) is 2.44. The van der Waals surface area contributed by atoms with Crippen molar-refractivity contribution in [3.05, 3.63) is 47.6 Å². The SMILES string of the molecule is CCC1=C(CC)C[C-]=C1.C[Si](C)=[Hf+2].[C-]1=CC=CC1.[Cl-].[Cl-]. The third-order valence-electron chi connectivity index (χ3n) is 2.44. The van der Waals surface area contributed by atoms with E-state index in [4.69, 9.17) is 0 Å². The second-order valence-corrected chi connectivity index (χ2v) is 17.1. The first-order valence-electron chi connectivity index (χ1n) is 6.62. The van der Waals surface area contributed by atoms with Crippen LogP contribution in [0.15, 0.2) is 35.5 Å². The van der Waals surface area contributed by atoms with Crippen LogP contribution in [0.1, 0.15) is 39.5 Å². The maximum absolute atomic E-state index is 3.23. The molecule has 0 saturated heterocycles. The molecule has 0 heterocycles. The molecule has 4 heteroatoms. The van der Waals surface area contributed by atoms with Crippen LogP contribution in [0.25, 0.3) is 0 Å². The van der Waals surface area contributed by atoms with Crippen LogP contribution in [0.5, 0.6) is 0 Å². The molecule has 0 radical (unpaired) electrons. The zero-order valence-corrected chi connectivity index (χ0v) is 19.0. The molecule has 0 bridgehead atoms. The number of hydrogen-bond acceptors (Lipinski definition) is 0. The summed E-state index contributed by atoms with van der Waals surface area (Å²) in [6, 6.07) is 0. The summed E-state index contributed by atoms with van der Waals surface area (Å²) < 4.78 is 0. The number of halogens is 2. The first-order valence-corrected chi connectivity index (χ1v) is 14.5. The summed E-state index contributed by atoms with van der Waals surface area (Å²) in [6.45, 7) is 9.08. The van der Waals surface area contributed by atoms with Crippen molar-refractivity contribution in [2.45, 2.75) is 52.6 Å². The summed E-state index contributed by atoms with van der Waals surface area (Å²) in [4.78, 5) is 0. The van der Waals surface area contributed by atoms with Gasteiger partial charge in [-0.1, -0.05) is 26.7 Å². The zero-order chi connectivity index (χ0) is 13.8. The predicted octanol–water partition coefficient (Wildman–Crippen LogP) is -1.04. The predicted molar refractivity (Wildman–Crippen MR) is 79.1 cm³/mol. The van der Waals surface area contributed by atoms with E-state index in [1.165, 1.54) is 41.4 Å². The van der Waals surface area contributed by atoms with Gasteiger partial charge >= 0.3 is 41.6 Å². The van der Waals surface area contributed by atoms with Crippen molar-refractivity contribution in [3.63, 3.8) is 0 Å². The van der Waals surface area contributed by atoms with Crippen LogP contribution in [0.2, 0.25) is 13.1 Å². The van der Waals surface area contributed by atoms with E-state index in [2.05, 4.69) is 51.2 Å². The van der Waals surface area contributed by atoms with Gasteiger partial charge < -0.3 is 24.8 Å².